The SMILES string of the molecule is CCCc1c(Cc2ccc(-c3ccccc3-c3noc(=O)[nH]3)cc2)c(=O)n([C@H]2CC[C@@](C)(OCCO)CC2)c2ncnn12. The molecule has 6 rings (SSSR count). The molecule has 0 amide bonds. The molecule has 0 aliphatic heterocycles. The summed E-state index contributed by atoms with van der Waals surface area (Å²) in [5, 5.41) is 17.6. The van der Waals surface area contributed by atoms with Crippen LogP contribution in [0.4, 0.5) is 0 Å². The van der Waals surface area contributed by atoms with Crippen LogP contribution in [0.25, 0.3) is 28.3 Å². The summed E-state index contributed by atoms with van der Waals surface area (Å²) in [7, 11) is 0. The molecule has 3 aromatic heterocycles. The average molecular weight is 585 g/mol. The van der Waals surface area contributed by atoms with E-state index in [9.17, 15) is 14.7 Å². The lowest BCUT2D eigenvalue weighted by molar-refractivity contribution is -0.0736. The predicted molar refractivity (Wildman–Crippen MR) is 161 cm³/mol. The molecule has 1 fully saturated rings. The van der Waals surface area contributed by atoms with Crippen molar-refractivity contribution < 1.29 is 14.4 Å². The number of hydrogen-bond donors (Lipinski definition) is 2. The standard InChI is InChI=1S/C32H36N6O5/c1-3-6-27-26(19-21-9-11-22(12-10-21)24-7-4-5-8-25(24)28-35-31(41)43-36-28)29(40)37(30-33-20-34-38(27)30)23-13-15-32(2,16-14-23)42-18-17-39/h4-5,7-12,20,23,39H,3,6,13-19H2,1-2H3,(H,35,36,41)/t23-,32+. The highest BCUT2D eigenvalue weighted by atomic mass is 16.5. The maximum absolute atomic E-state index is 14.3. The van der Waals surface area contributed by atoms with Crippen LogP contribution in [0.15, 0.2) is 69.0 Å². The van der Waals surface area contributed by atoms with E-state index in [1.807, 2.05) is 57.6 Å². The number of aromatic amines is 1. The van der Waals surface area contributed by atoms with E-state index in [0.29, 0.717) is 31.1 Å². The van der Waals surface area contributed by atoms with Crippen molar-refractivity contribution in [3.63, 3.8) is 0 Å². The molecular weight excluding hydrogens is 548 g/mol. The Hall–Kier alpha value is -4.35. The topological polar surface area (TPSA) is 141 Å². The van der Waals surface area contributed by atoms with Gasteiger partial charge in [0.15, 0.2) is 5.82 Å². The minimum atomic E-state index is -0.602. The number of rotatable bonds is 10. The lowest BCUT2D eigenvalue weighted by Gasteiger charge is -2.38. The number of fused-ring (bicyclic) bond motifs is 1. The summed E-state index contributed by atoms with van der Waals surface area (Å²) in [6.45, 7) is 4.49. The Morgan fingerprint density at radius 3 is 2.51 bits per heavy atom. The molecule has 0 radical (unpaired) electrons. The van der Waals surface area contributed by atoms with E-state index in [4.69, 9.17) is 9.26 Å². The van der Waals surface area contributed by atoms with Gasteiger partial charge >= 0.3 is 5.76 Å². The first-order chi connectivity index (χ1) is 20.9. The minimum Gasteiger partial charge on any atom is -0.394 e. The third kappa shape index (κ3) is 5.70. The molecule has 11 heteroatoms. The number of nitrogens with zero attached hydrogens (tertiary/aromatic N) is 5. The zero-order valence-electron chi connectivity index (χ0n) is 24.5. The first kappa shape index (κ1) is 28.8. The quantitative estimate of drug-likeness (QED) is 0.247. The van der Waals surface area contributed by atoms with E-state index < -0.39 is 5.76 Å². The van der Waals surface area contributed by atoms with Crippen LogP contribution in [0.3, 0.4) is 0 Å². The number of ether oxygens (including phenoxy) is 1. The fraction of sp³-hybridized carbons (Fsp3) is 0.406. The van der Waals surface area contributed by atoms with Crippen molar-refractivity contribution in [3.05, 3.63) is 92.6 Å². The van der Waals surface area contributed by atoms with Crippen LogP contribution >= 0.6 is 0 Å². The number of aromatic nitrogens is 6. The van der Waals surface area contributed by atoms with Crippen molar-refractivity contribution in [2.45, 2.75) is 70.4 Å². The number of aliphatic hydroxyl groups is 1. The van der Waals surface area contributed by atoms with Crippen LogP contribution in [0.2, 0.25) is 0 Å². The summed E-state index contributed by atoms with van der Waals surface area (Å²) in [5.41, 5.74) is 4.94. The van der Waals surface area contributed by atoms with Crippen molar-refractivity contribution >= 4 is 5.78 Å². The molecule has 1 saturated carbocycles. The van der Waals surface area contributed by atoms with Crippen molar-refractivity contribution in [1.82, 2.24) is 29.3 Å². The highest BCUT2D eigenvalue weighted by Gasteiger charge is 2.34. The maximum Gasteiger partial charge on any atom is 0.439 e. The van der Waals surface area contributed by atoms with E-state index in [2.05, 4.69) is 34.1 Å². The Kier molecular flexibility index (Phi) is 8.09. The third-order valence-electron chi connectivity index (χ3n) is 8.50. The summed E-state index contributed by atoms with van der Waals surface area (Å²) >= 11 is 0. The molecule has 5 aromatic rings. The van der Waals surface area contributed by atoms with Crippen LogP contribution in [0, 0.1) is 0 Å². The molecule has 0 saturated heterocycles. The Bertz CT molecular complexity index is 1830. The lowest BCUT2D eigenvalue weighted by atomic mass is 9.83. The van der Waals surface area contributed by atoms with Gasteiger partial charge in [0.25, 0.3) is 5.56 Å². The predicted octanol–water partition coefficient (Wildman–Crippen LogP) is 4.33. The van der Waals surface area contributed by atoms with Gasteiger partial charge in [-0.05, 0) is 55.7 Å². The number of aliphatic hydroxyl groups excluding tert-OH is 1. The van der Waals surface area contributed by atoms with Gasteiger partial charge in [0.1, 0.15) is 6.33 Å². The first-order valence-electron chi connectivity index (χ1n) is 14.9. The molecule has 3 heterocycles. The molecule has 0 atom stereocenters. The summed E-state index contributed by atoms with van der Waals surface area (Å²) in [5.74, 6) is 0.355. The molecule has 2 N–H and O–H groups in total. The fourth-order valence-corrected chi connectivity index (χ4v) is 6.28. The van der Waals surface area contributed by atoms with E-state index in [-0.39, 0.29) is 23.8 Å². The fourth-order valence-electron chi connectivity index (χ4n) is 6.28. The van der Waals surface area contributed by atoms with Crippen LogP contribution in [0.5, 0.6) is 0 Å². The summed E-state index contributed by atoms with van der Waals surface area (Å²) in [6, 6.07) is 15.8. The van der Waals surface area contributed by atoms with Crippen molar-refractivity contribution in [2.24, 2.45) is 0 Å². The zero-order valence-corrected chi connectivity index (χ0v) is 24.5. The van der Waals surface area contributed by atoms with Crippen LogP contribution in [0.1, 0.15) is 68.8 Å². The maximum atomic E-state index is 14.3. The molecule has 0 unspecified atom stereocenters. The number of hydrogen-bond acceptors (Lipinski definition) is 8. The second-order valence-electron chi connectivity index (χ2n) is 11.4. The molecule has 1 aliphatic rings. The number of benzene rings is 2. The monoisotopic (exact) mass is 584 g/mol. The second kappa shape index (κ2) is 12.1. The van der Waals surface area contributed by atoms with Gasteiger partial charge in [-0.15, -0.1) is 0 Å². The molecule has 0 bridgehead atoms. The van der Waals surface area contributed by atoms with E-state index >= 15 is 0 Å². The van der Waals surface area contributed by atoms with Crippen LogP contribution in [-0.4, -0.2) is 53.2 Å². The van der Waals surface area contributed by atoms with Gasteiger partial charge in [0.2, 0.25) is 5.78 Å². The van der Waals surface area contributed by atoms with E-state index in [1.165, 1.54) is 6.33 Å². The third-order valence-corrected chi connectivity index (χ3v) is 8.50. The number of aryl methyl sites for hydroxylation is 1. The lowest BCUT2D eigenvalue weighted by Crippen LogP contribution is -2.39. The van der Waals surface area contributed by atoms with E-state index in [0.717, 1.165) is 65.6 Å². The molecule has 2 aromatic carbocycles. The van der Waals surface area contributed by atoms with Gasteiger partial charge in [-0.25, -0.2) is 9.31 Å². The highest BCUT2D eigenvalue weighted by Crippen LogP contribution is 2.37. The van der Waals surface area contributed by atoms with Gasteiger partial charge < -0.3 is 9.84 Å². The molecule has 1 aliphatic carbocycles. The second-order valence-corrected chi connectivity index (χ2v) is 11.4. The summed E-state index contributed by atoms with van der Waals surface area (Å²) in [4.78, 5) is 33.0. The van der Waals surface area contributed by atoms with Gasteiger partial charge in [-0.1, -0.05) is 67.0 Å². The Balaban J connectivity index is 1.33. The minimum absolute atomic E-state index is 0.00292. The molecule has 0 spiro atoms. The normalized spacial score (nSPS) is 18.8. The van der Waals surface area contributed by atoms with Crippen LogP contribution in [-0.2, 0) is 17.6 Å². The summed E-state index contributed by atoms with van der Waals surface area (Å²) < 4.78 is 14.4. The molecule has 43 heavy (non-hydrogen) atoms. The van der Waals surface area contributed by atoms with Crippen molar-refractivity contribution in [2.75, 3.05) is 13.2 Å². The Labute approximate surface area is 248 Å². The molecule has 11 nitrogen and oxygen atoms in total. The Morgan fingerprint density at radius 1 is 1.09 bits per heavy atom. The first-order valence-corrected chi connectivity index (χ1v) is 14.9. The van der Waals surface area contributed by atoms with Crippen LogP contribution < -0.4 is 11.3 Å². The number of H-pyrrole nitrogens is 1. The van der Waals surface area contributed by atoms with Crippen molar-refractivity contribution in [3.8, 4) is 22.5 Å². The van der Waals surface area contributed by atoms with Gasteiger partial charge in [0.05, 0.1) is 24.5 Å². The summed E-state index contributed by atoms with van der Waals surface area (Å²) in [6.07, 6.45) is 6.72. The van der Waals surface area contributed by atoms with Gasteiger partial charge in [0, 0.05) is 23.6 Å². The molecule has 224 valence electrons. The Morgan fingerprint density at radius 2 is 1.84 bits per heavy atom. The highest BCUT2D eigenvalue weighted by molar-refractivity contribution is 5.80. The van der Waals surface area contributed by atoms with Crippen molar-refractivity contribution in [1.29, 1.82) is 0 Å². The van der Waals surface area contributed by atoms with Gasteiger partial charge in [-0.2, -0.15) is 10.1 Å². The van der Waals surface area contributed by atoms with Gasteiger partial charge in [-0.3, -0.25) is 18.9 Å². The average Bonchev–Trinajstić information content (AvgIpc) is 3.69. The van der Waals surface area contributed by atoms with E-state index in [1.54, 1.807) is 0 Å². The molecular formula is C32H36N6O5. The largest absolute Gasteiger partial charge is 0.439 e. The number of nitrogens with one attached hydrogen (secondary N) is 1. The zero-order chi connectivity index (χ0) is 30.0. The smallest absolute Gasteiger partial charge is 0.394 e.